The average molecular weight is 268 g/mol. The molecule has 20 heavy (non-hydrogen) atoms. The number of benzene rings is 2. The third kappa shape index (κ3) is 2.80. The van der Waals surface area contributed by atoms with E-state index in [1.54, 1.807) is 0 Å². The Morgan fingerprint density at radius 1 is 1.10 bits per heavy atom. The van der Waals surface area contributed by atoms with Crippen molar-refractivity contribution in [1.82, 2.24) is 4.90 Å². The highest BCUT2D eigenvalue weighted by Gasteiger charge is 2.17. The van der Waals surface area contributed by atoms with Crippen LogP contribution in [-0.2, 0) is 6.54 Å². The standard InChI is InChI=1S/C18H24N2/c1-14-7-3-2-6-10-20(14)13-17-11-15-8-4-5-9-16(15)12-18(17)19/h4-5,8-9,11-12,14H,2-3,6-7,10,13,19H2,1H3. The molecular weight excluding hydrogens is 244 g/mol. The number of likely N-dealkylation sites (tertiary alicyclic amines) is 1. The molecule has 1 aliphatic rings. The molecule has 0 amide bonds. The van der Waals surface area contributed by atoms with Gasteiger partial charge in [0.05, 0.1) is 0 Å². The summed E-state index contributed by atoms with van der Waals surface area (Å²) in [7, 11) is 0. The van der Waals surface area contributed by atoms with Gasteiger partial charge in [-0.3, -0.25) is 4.90 Å². The minimum absolute atomic E-state index is 0.670. The summed E-state index contributed by atoms with van der Waals surface area (Å²) in [5.74, 6) is 0. The highest BCUT2D eigenvalue weighted by atomic mass is 15.1. The van der Waals surface area contributed by atoms with E-state index in [-0.39, 0.29) is 0 Å². The summed E-state index contributed by atoms with van der Waals surface area (Å²) in [6.07, 6.45) is 5.37. The van der Waals surface area contributed by atoms with Crippen LogP contribution in [0.15, 0.2) is 36.4 Å². The zero-order chi connectivity index (χ0) is 13.9. The van der Waals surface area contributed by atoms with Crippen LogP contribution in [0.3, 0.4) is 0 Å². The monoisotopic (exact) mass is 268 g/mol. The predicted molar refractivity (Wildman–Crippen MR) is 86.7 cm³/mol. The Kier molecular flexibility index (Phi) is 3.93. The summed E-state index contributed by atoms with van der Waals surface area (Å²) in [6, 6.07) is 13.5. The van der Waals surface area contributed by atoms with Crippen LogP contribution in [0.2, 0.25) is 0 Å². The van der Waals surface area contributed by atoms with Crippen molar-refractivity contribution in [2.75, 3.05) is 12.3 Å². The van der Waals surface area contributed by atoms with Crippen LogP contribution in [0.5, 0.6) is 0 Å². The maximum absolute atomic E-state index is 6.26. The molecule has 106 valence electrons. The summed E-state index contributed by atoms with van der Waals surface area (Å²) >= 11 is 0. The molecule has 2 N–H and O–H groups in total. The van der Waals surface area contributed by atoms with Crippen molar-refractivity contribution >= 4 is 16.5 Å². The van der Waals surface area contributed by atoms with Crippen LogP contribution in [0.25, 0.3) is 10.8 Å². The molecule has 1 unspecified atom stereocenters. The number of hydrogen-bond donors (Lipinski definition) is 1. The SMILES string of the molecule is CC1CCCCCN1Cc1cc2ccccc2cc1N. The predicted octanol–water partition coefficient (Wildman–Crippen LogP) is 4.19. The number of anilines is 1. The topological polar surface area (TPSA) is 29.3 Å². The molecule has 0 saturated carbocycles. The lowest BCUT2D eigenvalue weighted by molar-refractivity contribution is 0.205. The molecule has 0 radical (unpaired) electrons. The second kappa shape index (κ2) is 5.84. The number of hydrogen-bond acceptors (Lipinski definition) is 2. The van der Waals surface area contributed by atoms with E-state index in [9.17, 15) is 0 Å². The first-order valence-corrected chi connectivity index (χ1v) is 7.75. The molecule has 1 saturated heterocycles. The first-order chi connectivity index (χ1) is 9.74. The van der Waals surface area contributed by atoms with Crippen LogP contribution in [0, 0.1) is 0 Å². The summed E-state index contributed by atoms with van der Waals surface area (Å²) in [5, 5.41) is 2.52. The molecule has 1 heterocycles. The molecule has 1 atom stereocenters. The highest BCUT2D eigenvalue weighted by Crippen LogP contribution is 2.25. The third-order valence-corrected chi connectivity index (χ3v) is 4.57. The van der Waals surface area contributed by atoms with E-state index in [0.717, 1.165) is 12.2 Å². The van der Waals surface area contributed by atoms with E-state index in [2.05, 4.69) is 48.2 Å². The lowest BCUT2D eigenvalue weighted by atomic mass is 10.0. The molecule has 2 heteroatoms. The molecule has 2 nitrogen and oxygen atoms in total. The first-order valence-electron chi connectivity index (χ1n) is 7.75. The van der Waals surface area contributed by atoms with Gasteiger partial charge in [-0.25, -0.2) is 0 Å². The molecule has 3 rings (SSSR count). The van der Waals surface area contributed by atoms with E-state index < -0.39 is 0 Å². The summed E-state index contributed by atoms with van der Waals surface area (Å²) in [5.41, 5.74) is 8.47. The van der Waals surface area contributed by atoms with Gasteiger partial charge < -0.3 is 5.73 Å². The van der Waals surface area contributed by atoms with Crippen LogP contribution in [0.4, 0.5) is 5.69 Å². The van der Waals surface area contributed by atoms with Crippen LogP contribution in [-0.4, -0.2) is 17.5 Å². The Morgan fingerprint density at radius 3 is 2.65 bits per heavy atom. The van der Waals surface area contributed by atoms with Crippen molar-refractivity contribution in [1.29, 1.82) is 0 Å². The Labute approximate surface area is 121 Å². The smallest absolute Gasteiger partial charge is 0.0366 e. The number of rotatable bonds is 2. The minimum atomic E-state index is 0.670. The van der Waals surface area contributed by atoms with Gasteiger partial charge in [0.25, 0.3) is 0 Å². The molecule has 0 aromatic heterocycles. The van der Waals surface area contributed by atoms with Crippen molar-refractivity contribution in [3.8, 4) is 0 Å². The second-order valence-electron chi connectivity index (χ2n) is 6.07. The Bertz CT molecular complexity index is 591. The van der Waals surface area contributed by atoms with Gasteiger partial charge in [0.2, 0.25) is 0 Å². The van der Waals surface area contributed by atoms with Gasteiger partial charge in [0, 0.05) is 18.3 Å². The molecule has 0 bridgehead atoms. The van der Waals surface area contributed by atoms with Gasteiger partial charge in [-0.2, -0.15) is 0 Å². The number of nitrogens with zero attached hydrogens (tertiary/aromatic N) is 1. The van der Waals surface area contributed by atoms with Gasteiger partial charge in [-0.05, 0) is 54.8 Å². The van der Waals surface area contributed by atoms with Crippen molar-refractivity contribution < 1.29 is 0 Å². The molecule has 0 aliphatic carbocycles. The largest absolute Gasteiger partial charge is 0.398 e. The van der Waals surface area contributed by atoms with Crippen LogP contribution < -0.4 is 5.73 Å². The zero-order valence-electron chi connectivity index (χ0n) is 12.3. The van der Waals surface area contributed by atoms with Crippen LogP contribution in [0.1, 0.15) is 38.2 Å². The Hall–Kier alpha value is -1.54. The molecule has 2 aromatic carbocycles. The second-order valence-corrected chi connectivity index (χ2v) is 6.07. The maximum Gasteiger partial charge on any atom is 0.0366 e. The fraction of sp³-hybridized carbons (Fsp3) is 0.444. The van der Waals surface area contributed by atoms with Gasteiger partial charge in [-0.1, -0.05) is 37.1 Å². The number of fused-ring (bicyclic) bond motifs is 1. The summed E-state index contributed by atoms with van der Waals surface area (Å²) < 4.78 is 0. The van der Waals surface area contributed by atoms with Crippen molar-refractivity contribution in [2.45, 2.75) is 45.2 Å². The molecule has 0 spiro atoms. The summed E-state index contributed by atoms with van der Waals surface area (Å²) in [6.45, 7) is 4.54. The average Bonchev–Trinajstić information content (AvgIpc) is 2.65. The van der Waals surface area contributed by atoms with E-state index in [0.29, 0.717) is 6.04 Å². The van der Waals surface area contributed by atoms with Crippen molar-refractivity contribution in [3.63, 3.8) is 0 Å². The first kappa shape index (κ1) is 13.4. The quantitative estimate of drug-likeness (QED) is 0.828. The fourth-order valence-corrected chi connectivity index (χ4v) is 3.23. The van der Waals surface area contributed by atoms with E-state index in [1.165, 1.54) is 48.6 Å². The van der Waals surface area contributed by atoms with E-state index >= 15 is 0 Å². The minimum Gasteiger partial charge on any atom is -0.398 e. The highest BCUT2D eigenvalue weighted by molar-refractivity contribution is 5.86. The zero-order valence-corrected chi connectivity index (χ0v) is 12.3. The van der Waals surface area contributed by atoms with Gasteiger partial charge >= 0.3 is 0 Å². The van der Waals surface area contributed by atoms with Gasteiger partial charge in [0.1, 0.15) is 0 Å². The normalized spacial score (nSPS) is 20.9. The van der Waals surface area contributed by atoms with Gasteiger partial charge in [-0.15, -0.1) is 0 Å². The van der Waals surface area contributed by atoms with E-state index in [1.807, 2.05) is 0 Å². The molecule has 1 fully saturated rings. The lowest BCUT2D eigenvalue weighted by Gasteiger charge is -2.27. The summed E-state index contributed by atoms with van der Waals surface area (Å²) in [4.78, 5) is 2.59. The molecule has 2 aromatic rings. The molecular formula is C18H24N2. The Balaban J connectivity index is 1.87. The van der Waals surface area contributed by atoms with Crippen molar-refractivity contribution in [3.05, 3.63) is 42.0 Å². The Morgan fingerprint density at radius 2 is 1.85 bits per heavy atom. The fourth-order valence-electron chi connectivity index (χ4n) is 3.23. The molecule has 1 aliphatic heterocycles. The lowest BCUT2D eigenvalue weighted by Crippen LogP contribution is -2.32. The van der Waals surface area contributed by atoms with Crippen LogP contribution >= 0.6 is 0 Å². The maximum atomic E-state index is 6.26. The van der Waals surface area contributed by atoms with Crippen molar-refractivity contribution in [2.24, 2.45) is 0 Å². The number of nitrogen functional groups attached to an aromatic ring is 1. The number of nitrogens with two attached hydrogens (primary N) is 1. The third-order valence-electron chi connectivity index (χ3n) is 4.57. The van der Waals surface area contributed by atoms with Gasteiger partial charge in [0.15, 0.2) is 0 Å². The van der Waals surface area contributed by atoms with E-state index in [4.69, 9.17) is 5.73 Å².